The Balaban J connectivity index is 1.24. The molecule has 1 saturated heterocycles. The summed E-state index contributed by atoms with van der Waals surface area (Å²) in [6.45, 7) is 2.67. The van der Waals surface area contributed by atoms with Crippen LogP contribution in [0.5, 0.6) is 5.75 Å². The molecule has 0 unspecified atom stereocenters. The first-order chi connectivity index (χ1) is 16.0. The summed E-state index contributed by atoms with van der Waals surface area (Å²) < 4.78 is 19.0. The third-order valence-electron chi connectivity index (χ3n) is 5.43. The van der Waals surface area contributed by atoms with Crippen LogP contribution in [0.3, 0.4) is 0 Å². The van der Waals surface area contributed by atoms with Crippen LogP contribution >= 0.6 is 23.1 Å². The van der Waals surface area contributed by atoms with E-state index >= 15 is 0 Å². The van der Waals surface area contributed by atoms with Gasteiger partial charge in [0.05, 0.1) is 25.0 Å². The molecule has 0 N–H and O–H groups in total. The summed E-state index contributed by atoms with van der Waals surface area (Å²) in [5.41, 5.74) is 2.33. The standard InChI is InChI=1S/C24H24FN3O3S2/c1-31-21-8-2-17(3-9-21)22(29)16-33-24-26-19(15-32-24)14-23(30)28-12-10-27(11-13-28)20-6-4-18(25)5-7-20/h2-9,15H,10-14,16H2,1H3. The monoisotopic (exact) mass is 485 g/mol. The Bertz CT molecular complexity index is 1090. The SMILES string of the molecule is COc1ccc(C(=O)CSc2nc(CC(=O)N3CCN(c4ccc(F)cc4)CC3)cs2)cc1. The number of rotatable bonds is 8. The minimum Gasteiger partial charge on any atom is -0.497 e. The zero-order chi connectivity index (χ0) is 23.2. The van der Waals surface area contributed by atoms with E-state index in [-0.39, 0.29) is 23.9 Å². The molecule has 0 atom stereocenters. The second-order valence-electron chi connectivity index (χ2n) is 7.57. The van der Waals surface area contributed by atoms with Crippen molar-refractivity contribution in [1.82, 2.24) is 9.88 Å². The summed E-state index contributed by atoms with van der Waals surface area (Å²) in [5.74, 6) is 0.821. The van der Waals surface area contributed by atoms with Gasteiger partial charge in [-0.05, 0) is 48.5 Å². The molecule has 6 nitrogen and oxygen atoms in total. The van der Waals surface area contributed by atoms with E-state index in [1.165, 1.54) is 35.2 Å². The minimum absolute atomic E-state index is 0.0227. The number of methoxy groups -OCH3 is 1. The molecule has 33 heavy (non-hydrogen) atoms. The number of carbonyl (C=O) groups excluding carboxylic acids is 2. The molecule has 1 fully saturated rings. The van der Waals surface area contributed by atoms with E-state index in [2.05, 4.69) is 9.88 Å². The van der Waals surface area contributed by atoms with Crippen LogP contribution in [-0.4, -0.2) is 60.6 Å². The fourth-order valence-electron chi connectivity index (χ4n) is 3.56. The van der Waals surface area contributed by atoms with E-state index in [1.807, 2.05) is 10.3 Å². The van der Waals surface area contributed by atoms with Crippen LogP contribution in [0, 0.1) is 5.82 Å². The lowest BCUT2D eigenvalue weighted by atomic mass is 10.1. The van der Waals surface area contributed by atoms with Crippen LogP contribution in [0.25, 0.3) is 0 Å². The van der Waals surface area contributed by atoms with Crippen molar-refractivity contribution in [3.8, 4) is 5.75 Å². The lowest BCUT2D eigenvalue weighted by molar-refractivity contribution is -0.130. The number of piperazine rings is 1. The van der Waals surface area contributed by atoms with Gasteiger partial charge in [-0.15, -0.1) is 11.3 Å². The highest BCUT2D eigenvalue weighted by atomic mass is 32.2. The Hall–Kier alpha value is -2.91. The van der Waals surface area contributed by atoms with Crippen molar-refractivity contribution in [2.24, 2.45) is 0 Å². The molecule has 0 aliphatic carbocycles. The number of hydrogen-bond donors (Lipinski definition) is 0. The summed E-state index contributed by atoms with van der Waals surface area (Å²) >= 11 is 2.83. The topological polar surface area (TPSA) is 62.7 Å². The first-order valence-corrected chi connectivity index (χ1v) is 12.4. The Morgan fingerprint density at radius 1 is 1.06 bits per heavy atom. The van der Waals surface area contributed by atoms with E-state index in [0.717, 1.165) is 15.7 Å². The average Bonchev–Trinajstić information content (AvgIpc) is 3.30. The van der Waals surface area contributed by atoms with Gasteiger partial charge in [0.2, 0.25) is 5.91 Å². The molecule has 4 rings (SSSR count). The summed E-state index contributed by atoms with van der Waals surface area (Å²) in [7, 11) is 1.59. The van der Waals surface area contributed by atoms with Gasteiger partial charge in [-0.1, -0.05) is 11.8 Å². The molecule has 2 aromatic carbocycles. The lowest BCUT2D eigenvalue weighted by Crippen LogP contribution is -2.49. The van der Waals surface area contributed by atoms with Gasteiger partial charge in [0.1, 0.15) is 11.6 Å². The molecule has 0 saturated carbocycles. The Morgan fingerprint density at radius 3 is 2.42 bits per heavy atom. The molecular weight excluding hydrogens is 461 g/mol. The highest BCUT2D eigenvalue weighted by molar-refractivity contribution is 8.01. The molecule has 3 aromatic rings. The normalized spacial score (nSPS) is 13.8. The molecule has 2 heterocycles. The van der Waals surface area contributed by atoms with Gasteiger partial charge in [0.25, 0.3) is 0 Å². The number of Topliss-reactive ketones (excluding diaryl/α,β-unsaturated/α-hetero) is 1. The molecule has 0 bridgehead atoms. The van der Waals surface area contributed by atoms with Crippen molar-refractivity contribution in [2.75, 3.05) is 43.9 Å². The first-order valence-electron chi connectivity index (χ1n) is 10.5. The predicted molar refractivity (Wildman–Crippen MR) is 129 cm³/mol. The van der Waals surface area contributed by atoms with E-state index in [0.29, 0.717) is 43.2 Å². The smallest absolute Gasteiger partial charge is 0.228 e. The fourth-order valence-corrected chi connectivity index (χ4v) is 5.30. The summed E-state index contributed by atoms with van der Waals surface area (Å²) in [6, 6.07) is 13.5. The highest BCUT2D eigenvalue weighted by Gasteiger charge is 2.22. The maximum Gasteiger partial charge on any atom is 0.228 e. The second kappa shape index (κ2) is 10.8. The predicted octanol–water partition coefficient (Wildman–Crippen LogP) is 4.16. The number of benzene rings is 2. The highest BCUT2D eigenvalue weighted by Crippen LogP contribution is 2.25. The van der Waals surface area contributed by atoms with Crippen molar-refractivity contribution < 1.29 is 18.7 Å². The zero-order valence-corrected chi connectivity index (χ0v) is 19.8. The fraction of sp³-hybridized carbons (Fsp3) is 0.292. The van der Waals surface area contributed by atoms with Crippen LogP contribution < -0.4 is 9.64 Å². The number of ketones is 1. The number of halogens is 1. The van der Waals surface area contributed by atoms with Crippen molar-refractivity contribution in [2.45, 2.75) is 10.8 Å². The molecule has 9 heteroatoms. The Morgan fingerprint density at radius 2 is 1.76 bits per heavy atom. The van der Waals surface area contributed by atoms with Gasteiger partial charge < -0.3 is 14.5 Å². The zero-order valence-electron chi connectivity index (χ0n) is 18.2. The number of thioether (sulfide) groups is 1. The van der Waals surface area contributed by atoms with Crippen molar-refractivity contribution in [1.29, 1.82) is 0 Å². The summed E-state index contributed by atoms with van der Waals surface area (Å²) in [5, 5.41) is 1.88. The summed E-state index contributed by atoms with van der Waals surface area (Å²) in [4.78, 5) is 33.6. The number of thiazole rings is 1. The van der Waals surface area contributed by atoms with E-state index in [1.54, 1.807) is 43.5 Å². The van der Waals surface area contributed by atoms with Crippen molar-refractivity contribution in [3.63, 3.8) is 0 Å². The largest absolute Gasteiger partial charge is 0.497 e. The Kier molecular flexibility index (Phi) is 7.61. The Labute approximate surface area is 200 Å². The van der Waals surface area contributed by atoms with Gasteiger partial charge in [-0.2, -0.15) is 0 Å². The maximum atomic E-state index is 13.1. The first kappa shape index (κ1) is 23.3. The van der Waals surface area contributed by atoms with Gasteiger partial charge in [-0.25, -0.2) is 9.37 Å². The number of aromatic nitrogens is 1. The van der Waals surface area contributed by atoms with Gasteiger partial charge in [0.15, 0.2) is 10.1 Å². The number of anilines is 1. The van der Waals surface area contributed by atoms with Crippen LogP contribution in [0.4, 0.5) is 10.1 Å². The van der Waals surface area contributed by atoms with Gasteiger partial charge in [0, 0.05) is 42.8 Å². The molecular formula is C24H24FN3O3S2. The van der Waals surface area contributed by atoms with Gasteiger partial charge in [-0.3, -0.25) is 9.59 Å². The van der Waals surface area contributed by atoms with Crippen LogP contribution in [0.2, 0.25) is 0 Å². The van der Waals surface area contributed by atoms with Gasteiger partial charge >= 0.3 is 0 Å². The van der Waals surface area contributed by atoms with Crippen molar-refractivity contribution in [3.05, 3.63) is 71.0 Å². The number of amides is 1. The van der Waals surface area contributed by atoms with Crippen LogP contribution in [0.15, 0.2) is 58.3 Å². The van der Waals surface area contributed by atoms with Crippen LogP contribution in [-0.2, 0) is 11.2 Å². The van der Waals surface area contributed by atoms with Crippen LogP contribution in [0.1, 0.15) is 16.1 Å². The molecule has 1 aliphatic heterocycles. The molecule has 0 radical (unpaired) electrons. The maximum absolute atomic E-state index is 13.1. The van der Waals surface area contributed by atoms with Crippen molar-refractivity contribution >= 4 is 40.5 Å². The lowest BCUT2D eigenvalue weighted by Gasteiger charge is -2.36. The quantitative estimate of drug-likeness (QED) is 0.353. The number of hydrogen-bond acceptors (Lipinski definition) is 7. The molecule has 1 aliphatic rings. The minimum atomic E-state index is -0.251. The number of ether oxygens (including phenoxy) is 1. The number of carbonyl (C=O) groups is 2. The van der Waals surface area contributed by atoms with E-state index < -0.39 is 0 Å². The average molecular weight is 486 g/mol. The second-order valence-corrected chi connectivity index (χ2v) is 9.65. The van der Waals surface area contributed by atoms with E-state index in [9.17, 15) is 14.0 Å². The molecule has 1 amide bonds. The molecule has 0 spiro atoms. The summed E-state index contributed by atoms with van der Waals surface area (Å²) in [6.07, 6.45) is 0.250. The molecule has 172 valence electrons. The number of nitrogens with zero attached hydrogens (tertiary/aromatic N) is 3. The van der Waals surface area contributed by atoms with E-state index in [4.69, 9.17) is 4.74 Å². The third-order valence-corrected chi connectivity index (χ3v) is 7.50. The molecule has 1 aromatic heterocycles. The third kappa shape index (κ3) is 6.11.